The minimum atomic E-state index is -1.52. The van der Waals surface area contributed by atoms with Gasteiger partial charge in [-0.05, 0) is 13.2 Å². The standard InChI is InChI=1S/C11H15N3O5S/c1-5-7(9(20-2)14-11(19)13-5)8(16)12-4-3-6(15)10(17)18/h6,15H,3-4H2,1-2H3,(H,12,16)(H,17,18)(H,13,14,19). The van der Waals surface area contributed by atoms with Crippen molar-refractivity contribution < 1.29 is 19.8 Å². The van der Waals surface area contributed by atoms with E-state index in [0.29, 0.717) is 10.7 Å². The Kier molecular flexibility index (Phi) is 5.71. The van der Waals surface area contributed by atoms with Gasteiger partial charge < -0.3 is 20.5 Å². The molecule has 0 bridgehead atoms. The summed E-state index contributed by atoms with van der Waals surface area (Å²) in [6.45, 7) is 1.57. The number of hydrogen-bond donors (Lipinski definition) is 4. The molecule has 0 aliphatic rings. The predicted octanol–water partition coefficient (Wildman–Crippen LogP) is -0.634. The first-order chi connectivity index (χ1) is 9.36. The summed E-state index contributed by atoms with van der Waals surface area (Å²) in [7, 11) is 0. The zero-order valence-corrected chi connectivity index (χ0v) is 11.8. The van der Waals surface area contributed by atoms with Crippen LogP contribution in [0.2, 0.25) is 0 Å². The van der Waals surface area contributed by atoms with Gasteiger partial charge in [0.1, 0.15) is 5.03 Å². The molecule has 20 heavy (non-hydrogen) atoms. The van der Waals surface area contributed by atoms with Gasteiger partial charge in [-0.2, -0.15) is 4.98 Å². The second-order valence-corrected chi connectivity index (χ2v) is 4.74. The number of carboxylic acid groups (broad SMARTS) is 1. The summed E-state index contributed by atoms with van der Waals surface area (Å²) >= 11 is 1.16. The molecule has 1 heterocycles. The highest BCUT2D eigenvalue weighted by molar-refractivity contribution is 7.98. The molecular formula is C11H15N3O5S. The smallest absolute Gasteiger partial charge is 0.346 e. The maximum atomic E-state index is 12.0. The van der Waals surface area contributed by atoms with Crippen molar-refractivity contribution in [3.63, 3.8) is 0 Å². The summed E-state index contributed by atoms with van der Waals surface area (Å²) in [4.78, 5) is 39.7. The van der Waals surface area contributed by atoms with E-state index in [4.69, 9.17) is 10.2 Å². The molecule has 1 unspecified atom stereocenters. The van der Waals surface area contributed by atoms with Gasteiger partial charge in [0.15, 0.2) is 6.10 Å². The second-order valence-electron chi connectivity index (χ2n) is 3.95. The highest BCUT2D eigenvalue weighted by Crippen LogP contribution is 2.17. The average molecular weight is 301 g/mol. The zero-order valence-electron chi connectivity index (χ0n) is 11.0. The van der Waals surface area contributed by atoms with Crippen LogP contribution in [0.3, 0.4) is 0 Å². The molecular weight excluding hydrogens is 286 g/mol. The highest BCUT2D eigenvalue weighted by atomic mass is 32.2. The van der Waals surface area contributed by atoms with Crippen molar-refractivity contribution in [3.05, 3.63) is 21.7 Å². The summed E-state index contributed by atoms with van der Waals surface area (Å²) in [5.74, 6) is -1.82. The molecule has 9 heteroatoms. The molecule has 4 N–H and O–H groups in total. The number of aromatic nitrogens is 2. The minimum Gasteiger partial charge on any atom is -0.479 e. The molecule has 0 aromatic carbocycles. The highest BCUT2D eigenvalue weighted by Gasteiger charge is 2.18. The van der Waals surface area contributed by atoms with Crippen LogP contribution in [0.25, 0.3) is 0 Å². The Balaban J connectivity index is 2.78. The summed E-state index contributed by atoms with van der Waals surface area (Å²) in [6.07, 6.45) is 0.0580. The quantitative estimate of drug-likeness (QED) is 0.406. The van der Waals surface area contributed by atoms with Gasteiger partial charge in [-0.3, -0.25) is 4.79 Å². The lowest BCUT2D eigenvalue weighted by atomic mass is 10.2. The molecule has 1 aromatic heterocycles. The van der Waals surface area contributed by atoms with E-state index in [2.05, 4.69) is 15.3 Å². The van der Waals surface area contributed by atoms with Gasteiger partial charge in [-0.25, -0.2) is 9.59 Å². The van der Waals surface area contributed by atoms with Gasteiger partial charge in [-0.15, -0.1) is 11.8 Å². The van der Waals surface area contributed by atoms with E-state index in [0.717, 1.165) is 11.8 Å². The monoisotopic (exact) mass is 301 g/mol. The summed E-state index contributed by atoms with van der Waals surface area (Å²) in [6, 6.07) is 0. The fraction of sp³-hybridized carbons (Fsp3) is 0.455. The molecule has 0 spiro atoms. The molecule has 1 rings (SSSR count). The van der Waals surface area contributed by atoms with Crippen molar-refractivity contribution >= 4 is 23.6 Å². The minimum absolute atomic E-state index is 0.00130. The van der Waals surface area contributed by atoms with Crippen LogP contribution in [0.1, 0.15) is 22.5 Å². The second kappa shape index (κ2) is 7.06. The Labute approximate surface area is 118 Å². The van der Waals surface area contributed by atoms with Crippen LogP contribution in [0.15, 0.2) is 9.82 Å². The molecule has 0 fully saturated rings. The predicted molar refractivity (Wildman–Crippen MR) is 72.0 cm³/mol. The number of rotatable bonds is 6. The fourth-order valence-corrected chi connectivity index (χ4v) is 2.13. The molecule has 8 nitrogen and oxygen atoms in total. The molecule has 110 valence electrons. The molecule has 1 aromatic rings. The number of H-pyrrole nitrogens is 1. The van der Waals surface area contributed by atoms with E-state index in [1.165, 1.54) is 0 Å². The lowest BCUT2D eigenvalue weighted by molar-refractivity contribution is -0.146. The number of aliphatic carboxylic acids is 1. The van der Waals surface area contributed by atoms with Crippen LogP contribution < -0.4 is 11.0 Å². The number of carboxylic acids is 1. The van der Waals surface area contributed by atoms with Gasteiger partial charge in [0.05, 0.1) is 5.56 Å². The first kappa shape index (κ1) is 16.2. The first-order valence-electron chi connectivity index (χ1n) is 5.70. The van der Waals surface area contributed by atoms with Crippen molar-refractivity contribution in [1.29, 1.82) is 0 Å². The van der Waals surface area contributed by atoms with E-state index in [1.54, 1.807) is 13.2 Å². The Hall–Kier alpha value is -1.87. The number of aliphatic hydroxyl groups is 1. The number of nitrogens with zero attached hydrogens (tertiary/aromatic N) is 1. The lowest BCUT2D eigenvalue weighted by Gasteiger charge is -2.11. The van der Waals surface area contributed by atoms with Crippen molar-refractivity contribution in [1.82, 2.24) is 15.3 Å². The number of thioether (sulfide) groups is 1. The van der Waals surface area contributed by atoms with Crippen LogP contribution in [-0.4, -0.2) is 51.0 Å². The topological polar surface area (TPSA) is 132 Å². The number of aromatic amines is 1. The SMILES string of the molecule is CSc1nc(=O)[nH]c(C)c1C(=O)NCCC(O)C(=O)O. The molecule has 0 saturated heterocycles. The maximum absolute atomic E-state index is 12.0. The van der Waals surface area contributed by atoms with Crippen molar-refractivity contribution in [2.45, 2.75) is 24.5 Å². The molecule has 0 saturated carbocycles. The van der Waals surface area contributed by atoms with E-state index in [1.807, 2.05) is 0 Å². The third kappa shape index (κ3) is 4.07. The Morgan fingerprint density at radius 1 is 1.50 bits per heavy atom. The molecule has 0 radical (unpaired) electrons. The summed E-state index contributed by atoms with van der Waals surface area (Å²) in [5, 5.41) is 20.4. The number of amides is 1. The van der Waals surface area contributed by atoms with Crippen LogP contribution in [0, 0.1) is 6.92 Å². The van der Waals surface area contributed by atoms with Crippen LogP contribution in [-0.2, 0) is 4.79 Å². The first-order valence-corrected chi connectivity index (χ1v) is 6.93. The molecule has 0 aliphatic heterocycles. The number of nitrogens with one attached hydrogen (secondary N) is 2. The van der Waals surface area contributed by atoms with Crippen molar-refractivity contribution in [2.24, 2.45) is 0 Å². The number of aryl methyl sites for hydroxylation is 1. The lowest BCUT2D eigenvalue weighted by Crippen LogP contribution is -2.32. The Bertz CT molecular complexity index is 572. The van der Waals surface area contributed by atoms with Gasteiger partial charge in [-0.1, -0.05) is 0 Å². The number of carbonyl (C=O) groups excluding carboxylic acids is 1. The third-order valence-electron chi connectivity index (χ3n) is 2.50. The van der Waals surface area contributed by atoms with Gasteiger partial charge >= 0.3 is 11.7 Å². The Morgan fingerprint density at radius 3 is 2.70 bits per heavy atom. The van der Waals surface area contributed by atoms with Crippen molar-refractivity contribution in [3.8, 4) is 0 Å². The largest absolute Gasteiger partial charge is 0.479 e. The third-order valence-corrected chi connectivity index (χ3v) is 3.18. The normalized spacial score (nSPS) is 11.9. The molecule has 1 amide bonds. The van der Waals surface area contributed by atoms with E-state index in [-0.39, 0.29) is 18.5 Å². The number of carbonyl (C=O) groups is 2. The zero-order chi connectivity index (χ0) is 15.3. The van der Waals surface area contributed by atoms with Crippen molar-refractivity contribution in [2.75, 3.05) is 12.8 Å². The van der Waals surface area contributed by atoms with Gasteiger partial charge in [0.25, 0.3) is 5.91 Å². The summed E-state index contributed by atoms with van der Waals surface area (Å²) in [5.41, 5.74) is 0.0808. The van der Waals surface area contributed by atoms with E-state index in [9.17, 15) is 14.4 Å². The maximum Gasteiger partial charge on any atom is 0.346 e. The van der Waals surface area contributed by atoms with E-state index >= 15 is 0 Å². The fourth-order valence-electron chi connectivity index (χ4n) is 1.51. The summed E-state index contributed by atoms with van der Waals surface area (Å²) < 4.78 is 0. The average Bonchev–Trinajstić information content (AvgIpc) is 2.36. The van der Waals surface area contributed by atoms with Gasteiger partial charge in [0, 0.05) is 18.7 Å². The van der Waals surface area contributed by atoms with E-state index < -0.39 is 23.7 Å². The van der Waals surface area contributed by atoms with Crippen LogP contribution in [0.5, 0.6) is 0 Å². The van der Waals surface area contributed by atoms with Gasteiger partial charge in [0.2, 0.25) is 0 Å². The van der Waals surface area contributed by atoms with Crippen LogP contribution >= 0.6 is 11.8 Å². The Morgan fingerprint density at radius 2 is 2.15 bits per heavy atom. The molecule has 1 atom stereocenters. The number of aliphatic hydroxyl groups excluding tert-OH is 1. The van der Waals surface area contributed by atoms with Crippen LogP contribution in [0.4, 0.5) is 0 Å². The molecule has 0 aliphatic carbocycles. The number of hydrogen-bond acceptors (Lipinski definition) is 6.